The fourth-order valence-electron chi connectivity index (χ4n) is 1.58. The molecule has 0 spiro atoms. The molecular weight excluding hydrogens is 337 g/mol. The van der Waals surface area contributed by atoms with Crippen LogP contribution in [0.3, 0.4) is 0 Å². The van der Waals surface area contributed by atoms with E-state index >= 15 is 0 Å². The number of nitrogens with one attached hydrogen (secondary N) is 1. The molecule has 0 aromatic heterocycles. The van der Waals surface area contributed by atoms with Gasteiger partial charge in [0, 0.05) is 0 Å². The summed E-state index contributed by atoms with van der Waals surface area (Å²) in [6.45, 7) is 0. The number of halogens is 2. The van der Waals surface area contributed by atoms with Crippen molar-refractivity contribution in [2.24, 2.45) is 0 Å². The van der Waals surface area contributed by atoms with Gasteiger partial charge in [0.1, 0.15) is 0 Å². The van der Waals surface area contributed by atoms with E-state index in [2.05, 4.69) is 4.72 Å². The van der Waals surface area contributed by atoms with Crippen LogP contribution < -0.4 is 4.72 Å². The van der Waals surface area contributed by atoms with Crippen molar-refractivity contribution in [1.82, 2.24) is 0 Å². The van der Waals surface area contributed by atoms with Crippen molar-refractivity contribution < 1.29 is 18.3 Å². The van der Waals surface area contributed by atoms with Gasteiger partial charge in [-0.15, -0.1) is 0 Å². The Bertz CT molecular complexity index is 806. The minimum atomic E-state index is -3.91. The average Bonchev–Trinajstić information content (AvgIpc) is 2.40. The molecule has 110 valence electrons. The van der Waals surface area contributed by atoms with Gasteiger partial charge < -0.3 is 5.11 Å². The summed E-state index contributed by atoms with van der Waals surface area (Å²) in [5.74, 6) is -1.23. The average molecular weight is 346 g/mol. The van der Waals surface area contributed by atoms with E-state index in [1.165, 1.54) is 6.07 Å². The lowest BCUT2D eigenvalue weighted by atomic mass is 10.2. The molecule has 0 aliphatic rings. The van der Waals surface area contributed by atoms with Crippen molar-refractivity contribution >= 4 is 44.9 Å². The highest BCUT2D eigenvalue weighted by Crippen LogP contribution is 2.26. The van der Waals surface area contributed by atoms with E-state index in [9.17, 15) is 13.2 Å². The van der Waals surface area contributed by atoms with E-state index in [1.807, 2.05) is 0 Å². The van der Waals surface area contributed by atoms with Crippen LogP contribution in [0.25, 0.3) is 0 Å². The number of hydrogen-bond acceptors (Lipinski definition) is 3. The molecule has 0 amide bonds. The Hall–Kier alpha value is -1.76. The minimum Gasteiger partial charge on any atom is -0.478 e. The maximum absolute atomic E-state index is 12.2. The van der Waals surface area contributed by atoms with Gasteiger partial charge in [0.2, 0.25) is 0 Å². The number of carboxylic acid groups (broad SMARTS) is 1. The summed E-state index contributed by atoms with van der Waals surface area (Å²) >= 11 is 11.7. The Morgan fingerprint density at radius 2 is 1.71 bits per heavy atom. The SMILES string of the molecule is O=C(O)c1ccc(S(=O)(=O)Nc2ccccc2Cl)cc1Cl. The third-order valence-electron chi connectivity index (χ3n) is 2.60. The van der Waals surface area contributed by atoms with Crippen molar-refractivity contribution in [3.05, 3.63) is 58.1 Å². The molecular formula is C13H9Cl2NO4S. The molecule has 0 aliphatic carbocycles. The normalized spacial score (nSPS) is 11.1. The molecule has 0 saturated carbocycles. The first-order valence-electron chi connectivity index (χ1n) is 5.61. The van der Waals surface area contributed by atoms with Gasteiger partial charge in [-0.25, -0.2) is 13.2 Å². The molecule has 2 rings (SSSR count). The van der Waals surface area contributed by atoms with E-state index in [0.717, 1.165) is 18.2 Å². The summed E-state index contributed by atoms with van der Waals surface area (Å²) in [6.07, 6.45) is 0. The van der Waals surface area contributed by atoms with Crippen LogP contribution in [0.2, 0.25) is 10.0 Å². The monoisotopic (exact) mass is 345 g/mol. The Morgan fingerprint density at radius 1 is 1.05 bits per heavy atom. The molecule has 5 nitrogen and oxygen atoms in total. The number of sulfonamides is 1. The molecule has 0 unspecified atom stereocenters. The van der Waals surface area contributed by atoms with Crippen molar-refractivity contribution in [2.45, 2.75) is 4.90 Å². The number of carbonyl (C=O) groups is 1. The van der Waals surface area contributed by atoms with Gasteiger partial charge in [0.05, 0.1) is 26.2 Å². The molecule has 0 atom stereocenters. The van der Waals surface area contributed by atoms with Crippen molar-refractivity contribution in [1.29, 1.82) is 0 Å². The van der Waals surface area contributed by atoms with E-state index in [4.69, 9.17) is 28.3 Å². The topological polar surface area (TPSA) is 83.5 Å². The third kappa shape index (κ3) is 3.47. The van der Waals surface area contributed by atoms with Gasteiger partial charge in [-0.05, 0) is 30.3 Å². The van der Waals surface area contributed by atoms with Gasteiger partial charge in [-0.1, -0.05) is 35.3 Å². The van der Waals surface area contributed by atoms with Crippen LogP contribution in [-0.4, -0.2) is 19.5 Å². The second-order valence-corrected chi connectivity index (χ2v) is 6.53. The summed E-state index contributed by atoms with van der Waals surface area (Å²) in [5.41, 5.74) is 0.0472. The molecule has 8 heteroatoms. The van der Waals surface area contributed by atoms with Crippen LogP contribution in [0, 0.1) is 0 Å². The second kappa shape index (κ2) is 5.93. The fraction of sp³-hybridized carbons (Fsp3) is 0. The van der Waals surface area contributed by atoms with Crippen LogP contribution >= 0.6 is 23.2 Å². The summed E-state index contributed by atoms with van der Waals surface area (Å²) in [7, 11) is -3.91. The van der Waals surface area contributed by atoms with Gasteiger partial charge in [-0.3, -0.25) is 4.72 Å². The van der Waals surface area contributed by atoms with E-state index in [-0.39, 0.29) is 26.2 Å². The number of anilines is 1. The van der Waals surface area contributed by atoms with Gasteiger partial charge in [0.25, 0.3) is 10.0 Å². The largest absolute Gasteiger partial charge is 0.478 e. The number of hydrogen-bond donors (Lipinski definition) is 2. The Morgan fingerprint density at radius 3 is 2.29 bits per heavy atom. The van der Waals surface area contributed by atoms with Crippen molar-refractivity contribution in [3.8, 4) is 0 Å². The van der Waals surface area contributed by atoms with Gasteiger partial charge in [-0.2, -0.15) is 0 Å². The van der Waals surface area contributed by atoms with Gasteiger partial charge in [0.15, 0.2) is 0 Å². The van der Waals surface area contributed by atoms with Crippen LogP contribution in [0.1, 0.15) is 10.4 Å². The maximum atomic E-state index is 12.2. The molecule has 21 heavy (non-hydrogen) atoms. The summed E-state index contributed by atoms with van der Waals surface area (Å²) < 4.78 is 26.7. The smallest absolute Gasteiger partial charge is 0.337 e. The second-order valence-electron chi connectivity index (χ2n) is 4.03. The first-order valence-corrected chi connectivity index (χ1v) is 7.85. The first kappa shape index (κ1) is 15.6. The maximum Gasteiger partial charge on any atom is 0.337 e. The standard InChI is InChI=1S/C13H9Cl2NO4S/c14-10-3-1-2-4-12(10)16-21(19,20)8-5-6-9(13(17)18)11(15)7-8/h1-7,16H,(H,17,18). The molecule has 2 N–H and O–H groups in total. The highest BCUT2D eigenvalue weighted by Gasteiger charge is 2.18. The van der Waals surface area contributed by atoms with Crippen molar-refractivity contribution in [2.75, 3.05) is 4.72 Å². The molecule has 0 fully saturated rings. The lowest BCUT2D eigenvalue weighted by Crippen LogP contribution is -2.13. The Kier molecular flexibility index (Phi) is 4.41. The van der Waals surface area contributed by atoms with Crippen LogP contribution in [0.5, 0.6) is 0 Å². The summed E-state index contributed by atoms with van der Waals surface area (Å²) in [5, 5.41) is 8.95. The third-order valence-corrected chi connectivity index (χ3v) is 4.60. The predicted octanol–water partition coefficient (Wildman–Crippen LogP) is 3.49. The zero-order chi connectivity index (χ0) is 15.6. The molecule has 2 aromatic carbocycles. The molecule has 2 aromatic rings. The van der Waals surface area contributed by atoms with Crippen LogP contribution in [-0.2, 0) is 10.0 Å². The molecule has 0 bridgehead atoms. The first-order chi connectivity index (χ1) is 9.81. The lowest BCUT2D eigenvalue weighted by molar-refractivity contribution is 0.0697. The van der Waals surface area contributed by atoms with E-state index < -0.39 is 16.0 Å². The molecule has 0 heterocycles. The molecule has 0 aliphatic heterocycles. The number of carboxylic acids is 1. The zero-order valence-corrected chi connectivity index (χ0v) is 12.7. The van der Waals surface area contributed by atoms with E-state index in [1.54, 1.807) is 18.2 Å². The quantitative estimate of drug-likeness (QED) is 0.888. The van der Waals surface area contributed by atoms with E-state index in [0.29, 0.717) is 0 Å². The molecule has 0 saturated heterocycles. The van der Waals surface area contributed by atoms with Gasteiger partial charge >= 0.3 is 5.97 Å². The fourth-order valence-corrected chi connectivity index (χ4v) is 3.25. The minimum absolute atomic E-state index is 0.155. The highest BCUT2D eigenvalue weighted by molar-refractivity contribution is 7.92. The number of aromatic carboxylic acids is 1. The summed E-state index contributed by atoms with van der Waals surface area (Å²) in [4.78, 5) is 10.7. The number of benzene rings is 2. The predicted molar refractivity (Wildman–Crippen MR) is 80.7 cm³/mol. The number of para-hydroxylation sites is 1. The summed E-state index contributed by atoms with van der Waals surface area (Å²) in [6, 6.07) is 9.71. The highest BCUT2D eigenvalue weighted by atomic mass is 35.5. The zero-order valence-electron chi connectivity index (χ0n) is 10.4. The Balaban J connectivity index is 2.39. The molecule has 0 radical (unpaired) electrons. The van der Waals surface area contributed by atoms with Crippen LogP contribution in [0.4, 0.5) is 5.69 Å². The van der Waals surface area contributed by atoms with Crippen LogP contribution in [0.15, 0.2) is 47.4 Å². The lowest BCUT2D eigenvalue weighted by Gasteiger charge is -2.10. The number of rotatable bonds is 4. The Labute approximate surface area is 131 Å². The van der Waals surface area contributed by atoms with Crippen molar-refractivity contribution in [3.63, 3.8) is 0 Å².